The first-order chi connectivity index (χ1) is 11.6. The second kappa shape index (κ2) is 6.06. The number of nitrogens with zero attached hydrogens (tertiary/aromatic N) is 3. The number of likely N-dealkylation sites (N-methyl/N-ethyl adjacent to an activating group) is 1. The van der Waals surface area contributed by atoms with Gasteiger partial charge in [0.1, 0.15) is 0 Å². The Balaban J connectivity index is 1.80. The van der Waals surface area contributed by atoms with Crippen LogP contribution in [-0.4, -0.2) is 27.5 Å². The van der Waals surface area contributed by atoms with Crippen LogP contribution in [0.25, 0.3) is 10.9 Å². The fraction of sp³-hybridized carbons (Fsp3) is 0.381. The summed E-state index contributed by atoms with van der Waals surface area (Å²) in [7, 11) is 2.24. The van der Waals surface area contributed by atoms with E-state index in [1.54, 1.807) is 0 Å². The maximum absolute atomic E-state index is 4.26. The zero-order chi connectivity index (χ0) is 16.7. The summed E-state index contributed by atoms with van der Waals surface area (Å²) in [6, 6.07) is 11.5. The standard InChI is InChI=1S/C21H25N3/c1-15-6-4-8-18-19-14-23(3)16(2)12-20(19)24(21(15)18)11-9-17-7-5-10-22-13-17/h4-8,10,13,16H,9,11-12,14H2,1-3H3. The number of aromatic nitrogens is 2. The molecule has 0 fully saturated rings. The molecule has 0 spiro atoms. The molecule has 3 heterocycles. The van der Waals surface area contributed by atoms with Crippen molar-refractivity contribution in [3.8, 4) is 0 Å². The summed E-state index contributed by atoms with van der Waals surface area (Å²) in [6.45, 7) is 6.65. The fourth-order valence-electron chi connectivity index (χ4n) is 4.00. The zero-order valence-electron chi connectivity index (χ0n) is 14.8. The van der Waals surface area contributed by atoms with Crippen LogP contribution in [-0.2, 0) is 25.9 Å². The maximum Gasteiger partial charge on any atom is 0.0515 e. The molecule has 1 unspecified atom stereocenters. The summed E-state index contributed by atoms with van der Waals surface area (Å²) in [4.78, 5) is 6.73. The second-order valence-corrected chi connectivity index (χ2v) is 7.13. The average Bonchev–Trinajstić information content (AvgIpc) is 2.89. The van der Waals surface area contributed by atoms with Gasteiger partial charge in [-0.25, -0.2) is 0 Å². The molecule has 2 aromatic heterocycles. The molecule has 3 aromatic rings. The van der Waals surface area contributed by atoms with Gasteiger partial charge in [-0.3, -0.25) is 9.88 Å². The molecule has 3 nitrogen and oxygen atoms in total. The Morgan fingerprint density at radius 3 is 2.88 bits per heavy atom. The molecule has 124 valence electrons. The minimum atomic E-state index is 0.597. The third-order valence-electron chi connectivity index (χ3n) is 5.50. The van der Waals surface area contributed by atoms with Crippen molar-refractivity contribution in [3.05, 3.63) is 65.1 Å². The van der Waals surface area contributed by atoms with Crippen molar-refractivity contribution < 1.29 is 0 Å². The van der Waals surface area contributed by atoms with Gasteiger partial charge in [0, 0.05) is 49.0 Å². The van der Waals surface area contributed by atoms with E-state index >= 15 is 0 Å². The molecule has 0 saturated heterocycles. The Morgan fingerprint density at radius 1 is 1.21 bits per heavy atom. The zero-order valence-corrected chi connectivity index (χ0v) is 14.8. The van der Waals surface area contributed by atoms with Crippen molar-refractivity contribution in [3.63, 3.8) is 0 Å². The molecule has 1 aromatic carbocycles. The van der Waals surface area contributed by atoms with E-state index < -0.39 is 0 Å². The Morgan fingerprint density at radius 2 is 2.08 bits per heavy atom. The highest BCUT2D eigenvalue weighted by Crippen LogP contribution is 2.34. The first-order valence-electron chi connectivity index (χ1n) is 8.84. The normalized spacial score (nSPS) is 18.0. The van der Waals surface area contributed by atoms with Gasteiger partial charge >= 0.3 is 0 Å². The second-order valence-electron chi connectivity index (χ2n) is 7.13. The molecule has 1 aliphatic heterocycles. The van der Waals surface area contributed by atoms with Crippen LogP contribution in [0.3, 0.4) is 0 Å². The van der Waals surface area contributed by atoms with Crippen molar-refractivity contribution in [1.82, 2.24) is 14.5 Å². The number of hydrogen-bond acceptors (Lipinski definition) is 2. The number of pyridine rings is 1. The van der Waals surface area contributed by atoms with Gasteiger partial charge < -0.3 is 4.57 Å². The number of benzene rings is 1. The Labute approximate surface area is 143 Å². The molecule has 0 aliphatic carbocycles. The lowest BCUT2D eigenvalue weighted by Crippen LogP contribution is -2.35. The number of rotatable bonds is 3. The number of fused-ring (bicyclic) bond motifs is 3. The Bertz CT molecular complexity index is 864. The van der Waals surface area contributed by atoms with E-state index in [4.69, 9.17) is 0 Å². The van der Waals surface area contributed by atoms with Gasteiger partial charge in [-0.1, -0.05) is 24.3 Å². The monoisotopic (exact) mass is 319 g/mol. The van der Waals surface area contributed by atoms with Gasteiger partial charge in [0.15, 0.2) is 0 Å². The van der Waals surface area contributed by atoms with Crippen LogP contribution in [0.2, 0.25) is 0 Å². The number of hydrogen-bond donors (Lipinski definition) is 0. The highest BCUT2D eigenvalue weighted by molar-refractivity contribution is 5.88. The molecule has 1 atom stereocenters. The van der Waals surface area contributed by atoms with Gasteiger partial charge in [-0.05, 0) is 50.1 Å². The predicted molar refractivity (Wildman–Crippen MR) is 99.2 cm³/mol. The van der Waals surface area contributed by atoms with Gasteiger partial charge in [0.2, 0.25) is 0 Å². The van der Waals surface area contributed by atoms with E-state index in [0.717, 1.165) is 25.9 Å². The summed E-state index contributed by atoms with van der Waals surface area (Å²) < 4.78 is 2.58. The van der Waals surface area contributed by atoms with Crippen LogP contribution < -0.4 is 0 Å². The lowest BCUT2D eigenvalue weighted by molar-refractivity contribution is 0.228. The first-order valence-corrected chi connectivity index (χ1v) is 8.84. The maximum atomic E-state index is 4.26. The summed E-state index contributed by atoms with van der Waals surface area (Å²) >= 11 is 0. The molecule has 0 saturated carbocycles. The summed E-state index contributed by atoms with van der Waals surface area (Å²) in [5, 5.41) is 1.44. The lowest BCUT2D eigenvalue weighted by Gasteiger charge is -2.31. The van der Waals surface area contributed by atoms with E-state index in [1.807, 2.05) is 18.5 Å². The molecule has 0 amide bonds. The largest absolute Gasteiger partial charge is 0.344 e. The van der Waals surface area contributed by atoms with Gasteiger partial charge in [-0.2, -0.15) is 0 Å². The highest BCUT2D eigenvalue weighted by Gasteiger charge is 2.26. The molecule has 0 radical (unpaired) electrons. The van der Waals surface area contributed by atoms with Crippen LogP contribution in [0.5, 0.6) is 0 Å². The van der Waals surface area contributed by atoms with E-state index in [2.05, 4.69) is 59.6 Å². The lowest BCUT2D eigenvalue weighted by atomic mass is 9.99. The molecule has 24 heavy (non-hydrogen) atoms. The highest BCUT2D eigenvalue weighted by atomic mass is 15.1. The first kappa shape index (κ1) is 15.4. The summed E-state index contributed by atoms with van der Waals surface area (Å²) in [5.41, 5.74) is 7.18. The fourth-order valence-corrected chi connectivity index (χ4v) is 4.00. The number of para-hydroxylation sites is 1. The number of aryl methyl sites for hydroxylation is 3. The Kier molecular flexibility index (Phi) is 3.89. The molecule has 0 N–H and O–H groups in total. The minimum absolute atomic E-state index is 0.597. The van der Waals surface area contributed by atoms with Gasteiger partial charge in [-0.15, -0.1) is 0 Å². The van der Waals surface area contributed by atoms with Crippen molar-refractivity contribution in [2.75, 3.05) is 7.05 Å². The topological polar surface area (TPSA) is 21.1 Å². The van der Waals surface area contributed by atoms with Crippen molar-refractivity contribution in [2.45, 2.75) is 45.8 Å². The van der Waals surface area contributed by atoms with Crippen LogP contribution in [0.4, 0.5) is 0 Å². The van der Waals surface area contributed by atoms with Gasteiger partial charge in [0.25, 0.3) is 0 Å². The Hall–Kier alpha value is -2.13. The van der Waals surface area contributed by atoms with Crippen LogP contribution >= 0.6 is 0 Å². The molecule has 0 bridgehead atoms. The average molecular weight is 319 g/mol. The van der Waals surface area contributed by atoms with E-state index in [0.29, 0.717) is 6.04 Å². The van der Waals surface area contributed by atoms with Gasteiger partial charge in [0.05, 0.1) is 5.52 Å². The van der Waals surface area contributed by atoms with Crippen LogP contribution in [0.15, 0.2) is 42.7 Å². The third kappa shape index (κ3) is 2.53. The molecule has 1 aliphatic rings. The summed E-state index contributed by atoms with van der Waals surface area (Å²) in [5.74, 6) is 0. The van der Waals surface area contributed by atoms with Crippen molar-refractivity contribution in [2.24, 2.45) is 0 Å². The molecule has 4 rings (SSSR count). The van der Waals surface area contributed by atoms with Crippen LogP contribution in [0, 0.1) is 6.92 Å². The van der Waals surface area contributed by atoms with E-state index in [9.17, 15) is 0 Å². The predicted octanol–water partition coefficient (Wildman–Crippen LogP) is 3.96. The quantitative estimate of drug-likeness (QED) is 0.728. The third-order valence-corrected chi connectivity index (χ3v) is 5.50. The minimum Gasteiger partial charge on any atom is -0.344 e. The van der Waals surface area contributed by atoms with E-state index in [1.165, 1.54) is 33.3 Å². The van der Waals surface area contributed by atoms with E-state index in [-0.39, 0.29) is 0 Å². The van der Waals surface area contributed by atoms with Crippen molar-refractivity contribution in [1.29, 1.82) is 0 Å². The van der Waals surface area contributed by atoms with Crippen molar-refractivity contribution >= 4 is 10.9 Å². The van der Waals surface area contributed by atoms with Crippen LogP contribution in [0.1, 0.15) is 29.3 Å². The smallest absolute Gasteiger partial charge is 0.0515 e. The summed E-state index contributed by atoms with van der Waals surface area (Å²) in [6.07, 6.45) is 6.00. The SMILES string of the molecule is Cc1cccc2c3c(n(CCc4cccnc4)c12)CC(C)N(C)C3. The molecular weight excluding hydrogens is 294 g/mol. The molecule has 3 heteroatoms. The molecular formula is C21H25N3.